The molecular weight excluding hydrogens is 421 g/mol. The summed E-state index contributed by atoms with van der Waals surface area (Å²) in [7, 11) is 1.58. The van der Waals surface area contributed by atoms with E-state index in [4.69, 9.17) is 9.84 Å². The van der Waals surface area contributed by atoms with Crippen molar-refractivity contribution in [2.24, 2.45) is 16.4 Å². The Morgan fingerprint density at radius 1 is 1.19 bits per heavy atom. The summed E-state index contributed by atoms with van der Waals surface area (Å²) in [6, 6.07) is 17.2. The average Bonchev–Trinajstić information content (AvgIpc) is 3.51. The Balaban J connectivity index is 1.64. The molecular formula is C24H25F3N2O3. The molecule has 1 aliphatic carbocycles. The number of ether oxygens (including phenoxy) is 2. The van der Waals surface area contributed by atoms with E-state index in [1.54, 1.807) is 14.0 Å². The number of carbonyl (C=O) groups excluding carboxylic acids is 1. The minimum absolute atomic E-state index is 0.182. The SMILES string of the molecule is COc1cccc(N2N=C(c3ccccc3)C3(CC3)C2CC(C)C(=O)OCC(F)(F)F)c1. The largest absolute Gasteiger partial charge is 0.497 e. The number of alkyl halides is 3. The normalized spacial score (nSPS) is 20.1. The highest BCUT2D eigenvalue weighted by Gasteiger charge is 2.60. The van der Waals surface area contributed by atoms with Crippen molar-refractivity contribution in [1.29, 1.82) is 0 Å². The van der Waals surface area contributed by atoms with Gasteiger partial charge in [0, 0.05) is 11.5 Å². The van der Waals surface area contributed by atoms with Gasteiger partial charge in [-0.05, 0) is 37.0 Å². The maximum atomic E-state index is 12.5. The van der Waals surface area contributed by atoms with Crippen LogP contribution in [-0.2, 0) is 9.53 Å². The van der Waals surface area contributed by atoms with Gasteiger partial charge in [-0.2, -0.15) is 18.3 Å². The van der Waals surface area contributed by atoms with E-state index in [1.807, 2.05) is 59.6 Å². The summed E-state index contributed by atoms with van der Waals surface area (Å²) in [6.45, 7) is 0.0381. The predicted molar refractivity (Wildman–Crippen MR) is 115 cm³/mol. The van der Waals surface area contributed by atoms with Crippen LogP contribution < -0.4 is 9.75 Å². The van der Waals surface area contributed by atoms with Crippen molar-refractivity contribution in [3.63, 3.8) is 0 Å². The number of carbonyl (C=O) groups is 1. The van der Waals surface area contributed by atoms with Gasteiger partial charge in [0.2, 0.25) is 0 Å². The lowest BCUT2D eigenvalue weighted by Crippen LogP contribution is -2.38. The van der Waals surface area contributed by atoms with Crippen LogP contribution >= 0.6 is 0 Å². The lowest BCUT2D eigenvalue weighted by molar-refractivity contribution is -0.189. The van der Waals surface area contributed by atoms with Crippen LogP contribution in [0.2, 0.25) is 0 Å². The molecule has 32 heavy (non-hydrogen) atoms. The quantitative estimate of drug-likeness (QED) is 0.549. The van der Waals surface area contributed by atoms with E-state index < -0.39 is 24.7 Å². The first-order valence-corrected chi connectivity index (χ1v) is 10.5. The summed E-state index contributed by atoms with van der Waals surface area (Å²) in [6.07, 6.45) is -2.42. The number of hydrazone groups is 1. The van der Waals surface area contributed by atoms with Crippen molar-refractivity contribution in [3.8, 4) is 5.75 Å². The maximum absolute atomic E-state index is 12.5. The summed E-state index contributed by atoms with van der Waals surface area (Å²) in [4.78, 5) is 12.3. The Morgan fingerprint density at radius 3 is 2.53 bits per heavy atom. The molecule has 1 aliphatic heterocycles. The van der Waals surface area contributed by atoms with Crippen molar-refractivity contribution in [2.45, 2.75) is 38.4 Å². The van der Waals surface area contributed by atoms with Crippen LogP contribution in [0.4, 0.5) is 18.9 Å². The molecule has 1 saturated carbocycles. The van der Waals surface area contributed by atoms with Gasteiger partial charge < -0.3 is 9.47 Å². The summed E-state index contributed by atoms with van der Waals surface area (Å²) >= 11 is 0. The molecule has 8 heteroatoms. The summed E-state index contributed by atoms with van der Waals surface area (Å²) in [5.74, 6) is -0.887. The molecule has 1 spiro atoms. The highest BCUT2D eigenvalue weighted by atomic mass is 19.4. The molecule has 5 nitrogen and oxygen atoms in total. The molecule has 1 fully saturated rings. The number of hydrogen-bond acceptors (Lipinski definition) is 5. The Morgan fingerprint density at radius 2 is 1.91 bits per heavy atom. The van der Waals surface area contributed by atoms with Crippen LogP contribution in [0.25, 0.3) is 0 Å². The first-order chi connectivity index (χ1) is 15.2. The van der Waals surface area contributed by atoms with Crippen molar-refractivity contribution >= 4 is 17.4 Å². The highest BCUT2D eigenvalue weighted by molar-refractivity contribution is 6.09. The molecule has 170 valence electrons. The minimum atomic E-state index is -4.54. The zero-order valence-electron chi connectivity index (χ0n) is 17.9. The molecule has 1 heterocycles. The summed E-state index contributed by atoms with van der Waals surface area (Å²) < 4.78 is 47.4. The average molecular weight is 446 g/mol. The summed E-state index contributed by atoms with van der Waals surface area (Å²) in [5, 5.41) is 6.85. The number of nitrogens with zero attached hydrogens (tertiary/aromatic N) is 2. The molecule has 2 unspecified atom stereocenters. The van der Waals surface area contributed by atoms with Crippen molar-refractivity contribution in [3.05, 3.63) is 60.2 Å². The molecule has 2 atom stereocenters. The van der Waals surface area contributed by atoms with Gasteiger partial charge in [0.25, 0.3) is 0 Å². The van der Waals surface area contributed by atoms with E-state index in [9.17, 15) is 18.0 Å². The Hall–Kier alpha value is -3.03. The van der Waals surface area contributed by atoms with Crippen LogP contribution in [0.3, 0.4) is 0 Å². The predicted octanol–water partition coefficient (Wildman–Crippen LogP) is 5.20. The topological polar surface area (TPSA) is 51.1 Å². The van der Waals surface area contributed by atoms with Crippen molar-refractivity contribution in [2.75, 3.05) is 18.7 Å². The smallest absolute Gasteiger partial charge is 0.422 e. The van der Waals surface area contributed by atoms with Crippen LogP contribution in [0.15, 0.2) is 59.7 Å². The third kappa shape index (κ3) is 4.45. The third-order valence-corrected chi connectivity index (χ3v) is 6.12. The van der Waals surface area contributed by atoms with E-state index >= 15 is 0 Å². The van der Waals surface area contributed by atoms with E-state index in [0.29, 0.717) is 12.2 Å². The molecule has 2 aromatic rings. The number of benzene rings is 2. The van der Waals surface area contributed by atoms with E-state index in [2.05, 4.69) is 4.74 Å². The molecule has 2 aliphatic rings. The Kier molecular flexibility index (Phi) is 5.88. The van der Waals surface area contributed by atoms with Crippen LogP contribution in [-0.4, -0.2) is 37.6 Å². The first-order valence-electron chi connectivity index (χ1n) is 10.5. The monoisotopic (exact) mass is 446 g/mol. The molecule has 0 N–H and O–H groups in total. The number of halogens is 3. The van der Waals surface area contributed by atoms with Gasteiger partial charge in [-0.3, -0.25) is 9.80 Å². The third-order valence-electron chi connectivity index (χ3n) is 6.12. The van der Waals surface area contributed by atoms with Crippen LogP contribution in [0, 0.1) is 11.3 Å². The second-order valence-corrected chi connectivity index (χ2v) is 8.39. The van der Waals surface area contributed by atoms with Gasteiger partial charge in [0.05, 0.1) is 30.5 Å². The van der Waals surface area contributed by atoms with Crippen LogP contribution in [0.5, 0.6) is 5.75 Å². The van der Waals surface area contributed by atoms with Gasteiger partial charge >= 0.3 is 12.1 Å². The van der Waals surface area contributed by atoms with Gasteiger partial charge in [-0.1, -0.05) is 43.3 Å². The van der Waals surface area contributed by atoms with Gasteiger partial charge in [0.1, 0.15) is 5.75 Å². The number of hydrogen-bond donors (Lipinski definition) is 0. The number of rotatable bonds is 7. The Labute approximate surface area is 184 Å². The van der Waals surface area contributed by atoms with Crippen molar-refractivity contribution in [1.82, 2.24) is 0 Å². The van der Waals surface area contributed by atoms with Gasteiger partial charge in [-0.15, -0.1) is 0 Å². The minimum Gasteiger partial charge on any atom is -0.497 e. The van der Waals surface area contributed by atoms with E-state index in [1.165, 1.54) is 0 Å². The fraction of sp³-hybridized carbons (Fsp3) is 0.417. The summed E-state index contributed by atoms with van der Waals surface area (Å²) in [5.41, 5.74) is 2.51. The lowest BCUT2D eigenvalue weighted by atomic mass is 9.83. The number of methoxy groups -OCH3 is 1. The van der Waals surface area contributed by atoms with Crippen molar-refractivity contribution < 1.29 is 27.4 Å². The molecule has 0 aromatic heterocycles. The van der Waals surface area contributed by atoms with Gasteiger partial charge in [-0.25, -0.2) is 0 Å². The second kappa shape index (κ2) is 8.48. The Bertz CT molecular complexity index is 1000. The molecule has 0 amide bonds. The first kappa shape index (κ1) is 22.2. The zero-order chi connectivity index (χ0) is 22.9. The van der Waals surface area contributed by atoms with E-state index in [-0.39, 0.29) is 11.5 Å². The fourth-order valence-electron chi connectivity index (χ4n) is 4.36. The molecule has 2 aromatic carbocycles. The van der Waals surface area contributed by atoms with Gasteiger partial charge in [0.15, 0.2) is 6.61 Å². The lowest BCUT2D eigenvalue weighted by Gasteiger charge is -2.30. The number of anilines is 1. The van der Waals surface area contributed by atoms with E-state index in [0.717, 1.165) is 29.8 Å². The molecule has 0 bridgehead atoms. The standard InChI is InChI=1S/C24H25F3N2O3/c1-16(22(30)32-15-24(25,26)27)13-20-23(11-12-23)21(17-7-4-3-5-8-17)28-29(20)18-9-6-10-19(14-18)31-2/h3-10,14,16,20H,11-13,15H2,1-2H3. The molecule has 0 radical (unpaired) electrons. The fourth-order valence-corrected chi connectivity index (χ4v) is 4.36. The highest BCUT2D eigenvalue weighted by Crippen LogP contribution is 2.58. The molecule has 0 saturated heterocycles. The zero-order valence-corrected chi connectivity index (χ0v) is 17.9. The number of esters is 1. The van der Waals surface area contributed by atoms with Crippen LogP contribution in [0.1, 0.15) is 31.7 Å². The second-order valence-electron chi connectivity index (χ2n) is 8.39. The molecule has 4 rings (SSSR count). The maximum Gasteiger partial charge on any atom is 0.422 e.